The number of hydrogen-bond acceptors (Lipinski definition) is 9. The molecule has 12 rings (SSSR count). The second kappa shape index (κ2) is 37.6. The molecule has 546 valence electrons. The van der Waals surface area contributed by atoms with Crippen LogP contribution in [0, 0.1) is 11.8 Å². The molecule has 22 heteroatoms. The van der Waals surface area contributed by atoms with Gasteiger partial charge in [-0.25, -0.2) is 4.98 Å². The summed E-state index contributed by atoms with van der Waals surface area (Å²) in [7, 11) is 0. The molecule has 7 aromatic rings. The fourth-order valence-corrected chi connectivity index (χ4v) is 13.9. The molecule has 6 aromatic carbocycles. The van der Waals surface area contributed by atoms with Crippen molar-refractivity contribution in [3.63, 3.8) is 0 Å². The minimum atomic E-state index is -4.43. The maximum absolute atomic E-state index is 13.1. The van der Waals surface area contributed by atoms with E-state index in [-0.39, 0.29) is 110 Å². The van der Waals surface area contributed by atoms with Gasteiger partial charge in [0.1, 0.15) is 0 Å². The Hall–Kier alpha value is -8.73. The highest BCUT2D eigenvalue weighted by atomic mass is 19.4. The summed E-state index contributed by atoms with van der Waals surface area (Å²) in [4.78, 5) is 45.0. The number of carbonyl (C=O) groups is 2. The standard InChI is InChI=1S/2C24H26F3N3O.C24H24F3N3O.6CH4.H2O/c3*25-24(26,27)19-8-4-5-15(13-19)14-20-21(29-23(28)30-22(20)31)18-11-9-17(10-12-18)16-6-2-1-3-7-16;;;;;;;/h2*1-8,13,17-18,23,29H,9-12,14,28H2,(H,30,31);1-8,13,17-18H,9-12,14H2,(H3,28,29,30,31);6*1H4;1H2. The zero-order chi connectivity index (χ0) is 66.0. The lowest BCUT2D eigenvalue weighted by Crippen LogP contribution is -2.57. The molecule has 3 heterocycles. The highest BCUT2D eigenvalue weighted by molar-refractivity contribution is 5.96. The Labute approximate surface area is 583 Å². The van der Waals surface area contributed by atoms with Crippen LogP contribution in [0.25, 0.3) is 0 Å². The smallest absolute Gasteiger partial charge is 0.412 e. The first-order valence-corrected chi connectivity index (χ1v) is 31.6. The molecule has 100 heavy (non-hydrogen) atoms. The lowest BCUT2D eigenvalue weighted by atomic mass is 9.76. The van der Waals surface area contributed by atoms with Gasteiger partial charge in [0.05, 0.1) is 22.4 Å². The maximum atomic E-state index is 13.1. The van der Waals surface area contributed by atoms with Gasteiger partial charge in [-0.3, -0.25) is 30.8 Å². The Balaban J connectivity index is 0.000000377. The van der Waals surface area contributed by atoms with Gasteiger partial charge in [-0.1, -0.05) is 190 Å². The predicted molar refractivity (Wildman–Crippen MR) is 383 cm³/mol. The molecule has 13 N–H and O–H groups in total. The highest BCUT2D eigenvalue weighted by Gasteiger charge is 2.37. The second-order valence-corrected chi connectivity index (χ2v) is 24.8. The van der Waals surface area contributed by atoms with E-state index in [0.29, 0.717) is 56.8 Å². The number of aromatic nitrogens is 2. The van der Waals surface area contributed by atoms with Crippen LogP contribution < -0.4 is 44.0 Å². The normalized spacial score (nSPS) is 21.2. The molecule has 3 fully saturated rings. The van der Waals surface area contributed by atoms with E-state index in [4.69, 9.17) is 17.2 Å². The van der Waals surface area contributed by atoms with Crippen LogP contribution in [0.5, 0.6) is 0 Å². The summed E-state index contributed by atoms with van der Waals surface area (Å²) in [5.41, 5.74) is 24.0. The van der Waals surface area contributed by atoms with Crippen molar-refractivity contribution in [2.24, 2.45) is 23.3 Å². The first-order chi connectivity index (χ1) is 44.4. The van der Waals surface area contributed by atoms with Crippen molar-refractivity contribution in [2.75, 3.05) is 5.73 Å². The molecular weight excluding hydrogens is 1300 g/mol. The van der Waals surface area contributed by atoms with Crippen LogP contribution in [-0.2, 0) is 47.4 Å². The van der Waals surface area contributed by atoms with Gasteiger partial charge in [0.15, 0.2) is 12.6 Å². The van der Waals surface area contributed by atoms with Gasteiger partial charge in [-0.15, -0.1) is 0 Å². The lowest BCUT2D eigenvalue weighted by molar-refractivity contribution is -0.138. The molecule has 2 unspecified atom stereocenters. The summed E-state index contributed by atoms with van der Waals surface area (Å²) < 4.78 is 118. The molecule has 2 aliphatic heterocycles. The fourth-order valence-electron chi connectivity index (χ4n) is 13.9. The fraction of sp³-hybridized carbons (Fsp3) is 0.410. The van der Waals surface area contributed by atoms with Gasteiger partial charge in [-0.05, 0) is 158 Å². The number of H-pyrrole nitrogens is 1. The number of alkyl halides is 9. The number of benzene rings is 6. The number of anilines is 1. The van der Waals surface area contributed by atoms with Gasteiger partial charge >= 0.3 is 18.5 Å². The number of amides is 2. The molecular formula is C78H102F9N9O4. The summed E-state index contributed by atoms with van der Waals surface area (Å²) in [6.45, 7) is 0. The molecule has 0 saturated heterocycles. The molecule has 0 bridgehead atoms. The van der Waals surface area contributed by atoms with Crippen molar-refractivity contribution in [2.45, 2.75) is 196 Å². The molecule has 5 aliphatic rings. The van der Waals surface area contributed by atoms with E-state index in [0.717, 1.165) is 125 Å². The Morgan fingerprint density at radius 3 is 0.980 bits per heavy atom. The number of hydrogen-bond donors (Lipinski definition) is 8. The molecule has 2 atom stereocenters. The minimum Gasteiger partial charge on any atom is -0.412 e. The average Bonchev–Trinajstić information content (AvgIpc) is 0.805. The average molecular weight is 1400 g/mol. The summed E-state index contributed by atoms with van der Waals surface area (Å²) in [5, 5.41) is 11.7. The number of halogens is 9. The molecule has 3 aliphatic carbocycles. The van der Waals surface area contributed by atoms with Crippen molar-refractivity contribution in [3.8, 4) is 0 Å². The molecule has 1 aromatic heterocycles. The van der Waals surface area contributed by atoms with Crippen molar-refractivity contribution in [1.82, 2.24) is 31.2 Å². The monoisotopic (exact) mass is 1400 g/mol. The number of rotatable bonds is 12. The third-order valence-electron chi connectivity index (χ3n) is 18.6. The summed E-state index contributed by atoms with van der Waals surface area (Å²) in [5.74, 6) is 1.17. The number of nitrogens with zero attached hydrogens (tertiary/aromatic N) is 1. The van der Waals surface area contributed by atoms with E-state index in [1.165, 1.54) is 34.9 Å². The van der Waals surface area contributed by atoms with Crippen molar-refractivity contribution in [1.29, 1.82) is 0 Å². The lowest BCUT2D eigenvalue weighted by Gasteiger charge is -2.36. The molecule has 0 spiro atoms. The number of nitrogen functional groups attached to an aromatic ring is 1. The number of nitrogens with one attached hydrogen (secondary N) is 5. The van der Waals surface area contributed by atoms with Crippen LogP contribution in [0.1, 0.15) is 207 Å². The largest absolute Gasteiger partial charge is 0.416 e. The van der Waals surface area contributed by atoms with Crippen molar-refractivity contribution in [3.05, 3.63) is 258 Å². The Bertz CT molecular complexity index is 3660. The van der Waals surface area contributed by atoms with E-state index in [1.807, 2.05) is 54.6 Å². The van der Waals surface area contributed by atoms with Crippen LogP contribution >= 0.6 is 0 Å². The Morgan fingerprint density at radius 1 is 0.380 bits per heavy atom. The highest BCUT2D eigenvalue weighted by Crippen LogP contribution is 2.44. The zero-order valence-corrected chi connectivity index (χ0v) is 51.6. The van der Waals surface area contributed by atoms with Crippen LogP contribution in [0.4, 0.5) is 45.5 Å². The van der Waals surface area contributed by atoms with Crippen LogP contribution in [0.15, 0.2) is 191 Å². The summed E-state index contributed by atoms with van der Waals surface area (Å²) >= 11 is 0. The number of carbonyl (C=O) groups excluding carboxylic acids is 2. The first kappa shape index (κ1) is 85.5. The van der Waals surface area contributed by atoms with Crippen LogP contribution in [0.3, 0.4) is 0 Å². The number of nitrogens with two attached hydrogens (primary N) is 3. The van der Waals surface area contributed by atoms with Crippen LogP contribution in [0.2, 0.25) is 0 Å². The molecule has 13 nitrogen and oxygen atoms in total. The molecule has 2 amide bonds. The Kier molecular flexibility index (Phi) is 32.2. The van der Waals surface area contributed by atoms with Gasteiger partial charge in [0.2, 0.25) is 5.95 Å². The van der Waals surface area contributed by atoms with Gasteiger partial charge in [-0.2, -0.15) is 39.5 Å². The third-order valence-corrected chi connectivity index (χ3v) is 18.6. The summed E-state index contributed by atoms with van der Waals surface area (Å²) in [6.07, 6.45) is -3.12. The topological polar surface area (TPSA) is 238 Å². The zero-order valence-electron chi connectivity index (χ0n) is 51.6. The third kappa shape index (κ3) is 22.1. The maximum Gasteiger partial charge on any atom is 0.416 e. The van der Waals surface area contributed by atoms with Gasteiger partial charge in [0, 0.05) is 53.3 Å². The van der Waals surface area contributed by atoms with E-state index in [2.05, 4.69) is 67.6 Å². The molecule has 0 radical (unpaired) electrons. The van der Waals surface area contributed by atoms with Gasteiger partial charge < -0.3 is 32.5 Å². The van der Waals surface area contributed by atoms with Gasteiger partial charge in [0.25, 0.3) is 17.4 Å². The number of aromatic amines is 1. The minimum absolute atomic E-state index is 0. The van der Waals surface area contributed by atoms with E-state index < -0.39 is 47.8 Å². The Morgan fingerprint density at radius 2 is 0.670 bits per heavy atom. The van der Waals surface area contributed by atoms with Crippen molar-refractivity contribution >= 4 is 17.8 Å². The summed E-state index contributed by atoms with van der Waals surface area (Å²) in [6, 6.07) is 46.5. The van der Waals surface area contributed by atoms with E-state index >= 15 is 0 Å². The quantitative estimate of drug-likeness (QED) is 0.0542. The van der Waals surface area contributed by atoms with Crippen LogP contribution in [-0.4, -0.2) is 39.8 Å². The molecule has 3 saturated carbocycles. The van der Waals surface area contributed by atoms with E-state index in [9.17, 15) is 53.9 Å². The first-order valence-electron chi connectivity index (χ1n) is 31.6. The van der Waals surface area contributed by atoms with Crippen molar-refractivity contribution < 1.29 is 54.6 Å². The predicted octanol–water partition coefficient (Wildman–Crippen LogP) is 17.3. The second-order valence-electron chi connectivity index (χ2n) is 24.8. The SMILES string of the molecule is C.C.C.C.C.C.NC1NC(=O)C(Cc2cccc(C(F)(F)F)c2)=C(C2CCC(c3ccccc3)CC2)N1.NC1NC(=O)C(Cc2cccc(C(F)(F)F)c2)=C(C2CCC(c3ccccc3)CC2)N1.Nc1nc(C2CCC(c3ccccc3)CC2)c(Cc2cccc(C(F)(F)F)c2)c(=O)[nH]1.O. The number of allylic oxidation sites excluding steroid dienone is 2. The van der Waals surface area contributed by atoms with E-state index in [1.54, 1.807) is 18.2 Å².